The van der Waals surface area contributed by atoms with Crippen LogP contribution in [-0.2, 0) is 12.4 Å². The van der Waals surface area contributed by atoms with E-state index in [2.05, 4.69) is 16.0 Å². The molecular weight excluding hydrogens is 380 g/mol. The molecule has 27 heavy (non-hydrogen) atoms. The summed E-state index contributed by atoms with van der Waals surface area (Å²) in [7, 11) is 0. The molecule has 3 rings (SSSR count). The molecule has 0 fully saturated rings. The van der Waals surface area contributed by atoms with Crippen LogP contribution in [0.2, 0.25) is 5.02 Å². The number of aromatic nitrogens is 2. The number of rotatable bonds is 6. The molecule has 2 N–H and O–H groups in total. The van der Waals surface area contributed by atoms with E-state index < -0.39 is 0 Å². The maximum Gasteiger partial charge on any atom is 0.190 e. The number of nitrogens with two attached hydrogens (primary N) is 1. The smallest absolute Gasteiger partial charge is 0.190 e. The molecule has 1 aromatic heterocycles. The first-order valence-electron chi connectivity index (χ1n) is 8.19. The van der Waals surface area contributed by atoms with Crippen LogP contribution in [-0.4, -0.2) is 9.97 Å². The summed E-state index contributed by atoms with van der Waals surface area (Å²) in [6.45, 7) is 2.14. The highest BCUT2D eigenvalue weighted by molar-refractivity contribution is 7.98. The van der Waals surface area contributed by atoms with Crippen LogP contribution in [0.25, 0.3) is 0 Å². The second-order valence-corrected chi connectivity index (χ2v) is 7.16. The van der Waals surface area contributed by atoms with E-state index in [-0.39, 0.29) is 18.0 Å². The summed E-state index contributed by atoms with van der Waals surface area (Å²) < 4.78 is 5.75. The number of hydrogen-bond acceptors (Lipinski definition) is 6. The zero-order chi connectivity index (χ0) is 19.2. The second kappa shape index (κ2) is 8.76. The molecule has 0 amide bonds. The Morgan fingerprint density at radius 3 is 2.59 bits per heavy atom. The van der Waals surface area contributed by atoms with Crippen molar-refractivity contribution >= 4 is 29.2 Å². The molecule has 5 nitrogen and oxygen atoms in total. The summed E-state index contributed by atoms with van der Waals surface area (Å²) in [5, 5.41) is 10.5. The highest BCUT2D eigenvalue weighted by Crippen LogP contribution is 2.26. The lowest BCUT2D eigenvalue weighted by Crippen LogP contribution is -2.08. The molecule has 0 saturated carbocycles. The first-order chi connectivity index (χ1) is 13.1. The Hall–Kier alpha value is -2.75. The zero-order valence-electron chi connectivity index (χ0n) is 14.6. The molecule has 136 valence electrons. The predicted molar refractivity (Wildman–Crippen MR) is 108 cm³/mol. The van der Waals surface area contributed by atoms with Crippen molar-refractivity contribution in [2.75, 3.05) is 5.73 Å². The Balaban J connectivity index is 1.77. The fourth-order valence-corrected chi connectivity index (χ4v) is 3.49. The lowest BCUT2D eigenvalue weighted by molar-refractivity contribution is 0.299. The van der Waals surface area contributed by atoms with Crippen molar-refractivity contribution in [1.82, 2.24) is 9.97 Å². The van der Waals surface area contributed by atoms with Gasteiger partial charge >= 0.3 is 0 Å². The fourth-order valence-electron chi connectivity index (χ4n) is 2.34. The summed E-state index contributed by atoms with van der Waals surface area (Å²) in [5.74, 6) is 1.45. The van der Waals surface area contributed by atoms with Gasteiger partial charge < -0.3 is 10.5 Å². The van der Waals surface area contributed by atoms with Gasteiger partial charge in [0.2, 0.25) is 0 Å². The van der Waals surface area contributed by atoms with Crippen molar-refractivity contribution in [3.8, 4) is 11.8 Å². The van der Waals surface area contributed by atoms with Crippen molar-refractivity contribution in [3.63, 3.8) is 0 Å². The Bertz CT molecular complexity index is 986. The van der Waals surface area contributed by atoms with E-state index in [0.29, 0.717) is 27.4 Å². The standard InChI is InChI=1S/C20H17ClN4OS/c1-13-6-8-15(9-7-13)26-11-18-16(10-22)19(23)25-20(24-18)27-12-14-4-2-3-5-17(14)21/h2-9H,11-12H2,1H3,(H2,23,24,25). The average molecular weight is 397 g/mol. The molecule has 0 aliphatic carbocycles. The first kappa shape index (κ1) is 19.0. The number of thioether (sulfide) groups is 1. The molecule has 7 heteroatoms. The maximum absolute atomic E-state index is 9.38. The second-order valence-electron chi connectivity index (χ2n) is 5.81. The molecule has 0 bridgehead atoms. The lowest BCUT2D eigenvalue weighted by atomic mass is 10.2. The molecule has 3 aromatic rings. The van der Waals surface area contributed by atoms with E-state index in [4.69, 9.17) is 22.1 Å². The number of halogens is 1. The molecule has 0 aliphatic heterocycles. The maximum atomic E-state index is 9.38. The number of nitrogen functional groups attached to an aromatic ring is 1. The minimum atomic E-state index is 0.137. The van der Waals surface area contributed by atoms with Crippen LogP contribution in [0, 0.1) is 18.3 Å². The zero-order valence-corrected chi connectivity index (χ0v) is 16.2. The molecule has 1 heterocycles. The van der Waals surface area contributed by atoms with Gasteiger partial charge in [-0.1, -0.05) is 59.3 Å². The van der Waals surface area contributed by atoms with Gasteiger partial charge in [0, 0.05) is 10.8 Å². The van der Waals surface area contributed by atoms with Crippen LogP contribution in [0.3, 0.4) is 0 Å². The minimum Gasteiger partial charge on any atom is -0.487 e. The van der Waals surface area contributed by atoms with Crippen LogP contribution < -0.4 is 10.5 Å². The van der Waals surface area contributed by atoms with Crippen LogP contribution in [0.4, 0.5) is 5.82 Å². The number of hydrogen-bond donors (Lipinski definition) is 1. The quantitative estimate of drug-likeness (QED) is 0.477. The third-order valence-electron chi connectivity index (χ3n) is 3.81. The molecular formula is C20H17ClN4OS. The van der Waals surface area contributed by atoms with Crippen molar-refractivity contribution < 1.29 is 4.74 Å². The van der Waals surface area contributed by atoms with Gasteiger partial charge in [-0.05, 0) is 30.7 Å². The molecule has 0 atom stereocenters. The highest BCUT2D eigenvalue weighted by atomic mass is 35.5. The Labute approximate surface area is 167 Å². The predicted octanol–water partition coefficient (Wildman–Crippen LogP) is 4.76. The highest BCUT2D eigenvalue weighted by Gasteiger charge is 2.14. The van der Waals surface area contributed by atoms with Gasteiger partial charge in [0.05, 0.1) is 0 Å². The van der Waals surface area contributed by atoms with E-state index in [1.165, 1.54) is 11.8 Å². The van der Waals surface area contributed by atoms with E-state index >= 15 is 0 Å². The largest absolute Gasteiger partial charge is 0.487 e. The van der Waals surface area contributed by atoms with Crippen molar-refractivity contribution in [1.29, 1.82) is 5.26 Å². The van der Waals surface area contributed by atoms with Gasteiger partial charge in [-0.15, -0.1) is 0 Å². The topological polar surface area (TPSA) is 84.8 Å². The van der Waals surface area contributed by atoms with Crippen LogP contribution >= 0.6 is 23.4 Å². The molecule has 0 saturated heterocycles. The molecule has 0 spiro atoms. The minimum absolute atomic E-state index is 0.137. The number of aryl methyl sites for hydroxylation is 1. The summed E-state index contributed by atoms with van der Waals surface area (Å²) in [4.78, 5) is 8.69. The average Bonchev–Trinajstić information content (AvgIpc) is 2.67. The van der Waals surface area contributed by atoms with E-state index in [9.17, 15) is 5.26 Å². The first-order valence-corrected chi connectivity index (χ1v) is 9.55. The van der Waals surface area contributed by atoms with Crippen molar-refractivity contribution in [3.05, 3.63) is 75.9 Å². The SMILES string of the molecule is Cc1ccc(OCc2nc(SCc3ccccc3Cl)nc(N)c2C#N)cc1. The van der Waals surface area contributed by atoms with Gasteiger partial charge in [0.25, 0.3) is 0 Å². The van der Waals surface area contributed by atoms with Gasteiger partial charge in [-0.25, -0.2) is 9.97 Å². The summed E-state index contributed by atoms with van der Waals surface area (Å²) in [6.07, 6.45) is 0. The Kier molecular flexibility index (Phi) is 6.17. The van der Waals surface area contributed by atoms with E-state index in [1.807, 2.05) is 55.5 Å². The Morgan fingerprint density at radius 1 is 1.15 bits per heavy atom. The van der Waals surface area contributed by atoms with E-state index in [0.717, 1.165) is 11.1 Å². The normalized spacial score (nSPS) is 10.4. The van der Waals surface area contributed by atoms with Gasteiger partial charge in [-0.3, -0.25) is 0 Å². The number of benzene rings is 2. The van der Waals surface area contributed by atoms with Crippen LogP contribution in [0.15, 0.2) is 53.7 Å². The number of nitrogens with zero attached hydrogens (tertiary/aromatic N) is 3. The lowest BCUT2D eigenvalue weighted by Gasteiger charge is -2.10. The monoisotopic (exact) mass is 396 g/mol. The van der Waals surface area contributed by atoms with Crippen molar-refractivity contribution in [2.45, 2.75) is 24.4 Å². The van der Waals surface area contributed by atoms with Crippen LogP contribution in [0.5, 0.6) is 5.75 Å². The summed E-state index contributed by atoms with van der Waals surface area (Å²) in [5.41, 5.74) is 8.78. The van der Waals surface area contributed by atoms with Crippen molar-refractivity contribution in [2.24, 2.45) is 0 Å². The Morgan fingerprint density at radius 2 is 1.89 bits per heavy atom. The van der Waals surface area contributed by atoms with E-state index in [1.54, 1.807) is 0 Å². The number of ether oxygens (including phenoxy) is 1. The summed E-state index contributed by atoms with van der Waals surface area (Å²) in [6, 6.07) is 17.3. The molecule has 0 radical (unpaired) electrons. The fraction of sp³-hybridized carbons (Fsp3) is 0.150. The number of anilines is 1. The number of nitriles is 1. The third kappa shape index (κ3) is 4.91. The van der Waals surface area contributed by atoms with Gasteiger partial charge in [-0.2, -0.15) is 5.26 Å². The summed E-state index contributed by atoms with van der Waals surface area (Å²) >= 11 is 7.59. The third-order valence-corrected chi connectivity index (χ3v) is 5.08. The van der Waals surface area contributed by atoms with Gasteiger partial charge in [0.15, 0.2) is 5.16 Å². The van der Waals surface area contributed by atoms with Gasteiger partial charge in [0.1, 0.15) is 35.5 Å². The molecule has 0 unspecified atom stereocenters. The van der Waals surface area contributed by atoms with Crippen LogP contribution in [0.1, 0.15) is 22.4 Å². The molecule has 0 aliphatic rings. The molecule has 2 aromatic carbocycles.